The third kappa shape index (κ3) is 2.76. The van der Waals surface area contributed by atoms with Gasteiger partial charge in [0, 0.05) is 30.7 Å². The number of benzene rings is 1. The molecule has 1 aromatic carbocycles. The van der Waals surface area contributed by atoms with Crippen LogP contribution in [-0.2, 0) is 0 Å². The van der Waals surface area contributed by atoms with Gasteiger partial charge in [-0.05, 0) is 44.0 Å². The molecular formula is C18H20N6O. The second-order valence-electron chi connectivity index (χ2n) is 6.41. The van der Waals surface area contributed by atoms with E-state index < -0.39 is 0 Å². The number of pyridine rings is 1. The smallest absolute Gasteiger partial charge is 0.276 e. The Morgan fingerprint density at radius 2 is 2.00 bits per heavy atom. The van der Waals surface area contributed by atoms with Gasteiger partial charge in [-0.15, -0.1) is 5.10 Å². The lowest BCUT2D eigenvalue weighted by Gasteiger charge is -2.29. The zero-order valence-corrected chi connectivity index (χ0v) is 14.1. The van der Waals surface area contributed by atoms with Crippen LogP contribution in [0.4, 0.5) is 0 Å². The zero-order chi connectivity index (χ0) is 17.4. The average Bonchev–Trinajstić information content (AvgIpc) is 3.02. The van der Waals surface area contributed by atoms with Crippen LogP contribution in [0.15, 0.2) is 36.5 Å². The van der Waals surface area contributed by atoms with E-state index in [4.69, 9.17) is 5.73 Å². The number of likely N-dealkylation sites (tertiary alicyclic amines) is 1. The molecule has 2 aromatic heterocycles. The van der Waals surface area contributed by atoms with Crippen molar-refractivity contribution in [1.82, 2.24) is 24.9 Å². The number of amides is 1. The molecule has 25 heavy (non-hydrogen) atoms. The fourth-order valence-electron chi connectivity index (χ4n) is 3.28. The first-order chi connectivity index (χ1) is 12.1. The van der Waals surface area contributed by atoms with Gasteiger partial charge >= 0.3 is 0 Å². The highest BCUT2D eigenvalue weighted by Gasteiger charge is 2.26. The fraction of sp³-hybridized carbons (Fsp3) is 0.333. The molecule has 3 heterocycles. The predicted molar refractivity (Wildman–Crippen MR) is 94.5 cm³/mol. The van der Waals surface area contributed by atoms with Gasteiger partial charge in [-0.3, -0.25) is 9.78 Å². The second kappa shape index (κ2) is 6.25. The van der Waals surface area contributed by atoms with E-state index in [2.05, 4.69) is 15.3 Å². The van der Waals surface area contributed by atoms with E-state index >= 15 is 0 Å². The van der Waals surface area contributed by atoms with Crippen molar-refractivity contribution in [3.8, 4) is 5.69 Å². The molecule has 3 aromatic rings. The number of carbonyl (C=O) groups excluding carboxylic acids is 1. The molecule has 0 aliphatic carbocycles. The standard InChI is InChI=1S/C18H20N6O/c1-12-17(18(25)23-10-7-13(19)8-11-23)21-22-24(12)16-6-2-5-15-14(16)4-3-9-20-15/h2-6,9,13H,7-8,10-11,19H2,1H3. The van der Waals surface area contributed by atoms with E-state index in [1.165, 1.54) is 0 Å². The molecule has 128 valence electrons. The van der Waals surface area contributed by atoms with Crippen molar-refractivity contribution in [2.45, 2.75) is 25.8 Å². The normalized spacial score (nSPS) is 15.7. The van der Waals surface area contributed by atoms with Crippen LogP contribution in [0.5, 0.6) is 0 Å². The Bertz CT molecular complexity index is 921. The molecule has 0 unspecified atom stereocenters. The van der Waals surface area contributed by atoms with E-state index in [1.54, 1.807) is 10.9 Å². The summed E-state index contributed by atoms with van der Waals surface area (Å²) in [4.78, 5) is 19.0. The van der Waals surface area contributed by atoms with E-state index in [9.17, 15) is 4.79 Å². The van der Waals surface area contributed by atoms with Gasteiger partial charge in [0.15, 0.2) is 5.69 Å². The zero-order valence-electron chi connectivity index (χ0n) is 14.1. The number of fused-ring (bicyclic) bond motifs is 1. The first kappa shape index (κ1) is 15.7. The van der Waals surface area contributed by atoms with E-state index in [-0.39, 0.29) is 11.9 Å². The minimum Gasteiger partial charge on any atom is -0.337 e. The Labute approximate surface area is 145 Å². The van der Waals surface area contributed by atoms with Crippen molar-refractivity contribution in [2.75, 3.05) is 13.1 Å². The predicted octanol–water partition coefficient (Wildman–Crippen LogP) is 1.69. The van der Waals surface area contributed by atoms with Crippen LogP contribution in [0.25, 0.3) is 16.6 Å². The van der Waals surface area contributed by atoms with Gasteiger partial charge in [0.25, 0.3) is 5.91 Å². The van der Waals surface area contributed by atoms with Crippen molar-refractivity contribution in [2.24, 2.45) is 5.73 Å². The summed E-state index contributed by atoms with van der Waals surface area (Å²) < 4.78 is 1.72. The number of aromatic nitrogens is 4. The number of nitrogens with two attached hydrogens (primary N) is 1. The van der Waals surface area contributed by atoms with E-state index in [1.807, 2.05) is 42.2 Å². The first-order valence-corrected chi connectivity index (χ1v) is 8.46. The van der Waals surface area contributed by atoms with Crippen LogP contribution in [-0.4, -0.2) is 49.9 Å². The Hall–Kier alpha value is -2.80. The van der Waals surface area contributed by atoms with Gasteiger partial charge in [-0.1, -0.05) is 11.3 Å². The molecule has 4 rings (SSSR count). The molecule has 7 nitrogen and oxygen atoms in total. The Balaban J connectivity index is 1.70. The van der Waals surface area contributed by atoms with Gasteiger partial charge in [-0.25, -0.2) is 4.68 Å². The lowest BCUT2D eigenvalue weighted by atomic mass is 10.1. The van der Waals surface area contributed by atoms with Crippen LogP contribution in [0, 0.1) is 6.92 Å². The number of hydrogen-bond acceptors (Lipinski definition) is 5. The lowest BCUT2D eigenvalue weighted by Crippen LogP contribution is -2.43. The summed E-state index contributed by atoms with van der Waals surface area (Å²) in [5.74, 6) is -0.0750. The van der Waals surface area contributed by atoms with Gasteiger partial charge in [0.1, 0.15) is 0 Å². The largest absolute Gasteiger partial charge is 0.337 e. The molecule has 0 radical (unpaired) electrons. The van der Waals surface area contributed by atoms with Crippen molar-refractivity contribution >= 4 is 16.8 Å². The summed E-state index contributed by atoms with van der Waals surface area (Å²) in [5, 5.41) is 9.37. The lowest BCUT2D eigenvalue weighted by molar-refractivity contribution is 0.0708. The monoisotopic (exact) mass is 336 g/mol. The summed E-state index contributed by atoms with van der Waals surface area (Å²) in [7, 11) is 0. The van der Waals surface area contributed by atoms with Gasteiger partial charge < -0.3 is 10.6 Å². The quantitative estimate of drug-likeness (QED) is 0.769. The van der Waals surface area contributed by atoms with Crippen LogP contribution in [0.2, 0.25) is 0 Å². The van der Waals surface area contributed by atoms with Gasteiger partial charge in [0.05, 0.1) is 16.9 Å². The Kier molecular flexibility index (Phi) is 3.93. The molecule has 1 saturated heterocycles. The van der Waals surface area contributed by atoms with Crippen molar-refractivity contribution in [3.05, 3.63) is 47.9 Å². The summed E-state index contributed by atoms with van der Waals surface area (Å²) >= 11 is 0. The molecule has 1 aliphatic rings. The minimum atomic E-state index is -0.0750. The molecule has 0 spiro atoms. The topological polar surface area (TPSA) is 89.9 Å². The van der Waals surface area contributed by atoms with Crippen molar-refractivity contribution < 1.29 is 4.79 Å². The minimum absolute atomic E-state index is 0.0750. The van der Waals surface area contributed by atoms with Gasteiger partial charge in [0.2, 0.25) is 0 Å². The second-order valence-corrected chi connectivity index (χ2v) is 6.41. The summed E-state index contributed by atoms with van der Waals surface area (Å²) in [6, 6.07) is 9.91. The fourth-order valence-corrected chi connectivity index (χ4v) is 3.28. The third-order valence-corrected chi connectivity index (χ3v) is 4.77. The van der Waals surface area contributed by atoms with Crippen molar-refractivity contribution in [3.63, 3.8) is 0 Å². The first-order valence-electron chi connectivity index (χ1n) is 8.46. The van der Waals surface area contributed by atoms with Gasteiger partial charge in [-0.2, -0.15) is 0 Å². The highest BCUT2D eigenvalue weighted by atomic mass is 16.2. The Morgan fingerprint density at radius 3 is 2.80 bits per heavy atom. The number of hydrogen-bond donors (Lipinski definition) is 1. The van der Waals surface area contributed by atoms with E-state index in [0.29, 0.717) is 18.8 Å². The van der Waals surface area contributed by atoms with Crippen molar-refractivity contribution in [1.29, 1.82) is 0 Å². The molecule has 0 atom stereocenters. The van der Waals surface area contributed by atoms with Crippen LogP contribution >= 0.6 is 0 Å². The van der Waals surface area contributed by atoms with Crippen LogP contribution in [0.1, 0.15) is 29.0 Å². The molecular weight excluding hydrogens is 316 g/mol. The summed E-state index contributed by atoms with van der Waals surface area (Å²) in [6.45, 7) is 3.22. The number of nitrogens with zero attached hydrogens (tertiary/aromatic N) is 5. The summed E-state index contributed by atoms with van der Waals surface area (Å²) in [6.07, 6.45) is 3.41. The maximum Gasteiger partial charge on any atom is 0.276 e. The molecule has 0 saturated carbocycles. The van der Waals surface area contributed by atoms with Crippen LogP contribution < -0.4 is 5.73 Å². The van der Waals surface area contributed by atoms with Crippen LogP contribution in [0.3, 0.4) is 0 Å². The maximum atomic E-state index is 12.8. The third-order valence-electron chi connectivity index (χ3n) is 4.77. The number of carbonyl (C=O) groups is 1. The number of rotatable bonds is 2. The SMILES string of the molecule is Cc1c(C(=O)N2CCC(N)CC2)nnn1-c1cccc2ncccc12. The highest BCUT2D eigenvalue weighted by molar-refractivity contribution is 5.94. The molecule has 1 amide bonds. The molecule has 1 aliphatic heterocycles. The average molecular weight is 336 g/mol. The summed E-state index contributed by atoms with van der Waals surface area (Å²) in [5.41, 5.74) is 8.81. The maximum absolute atomic E-state index is 12.8. The molecule has 7 heteroatoms. The molecule has 2 N–H and O–H groups in total. The Morgan fingerprint density at radius 1 is 1.20 bits per heavy atom. The van der Waals surface area contributed by atoms with E-state index in [0.717, 1.165) is 35.1 Å². The molecule has 1 fully saturated rings. The molecule has 0 bridgehead atoms. The highest BCUT2D eigenvalue weighted by Crippen LogP contribution is 2.22. The number of piperidine rings is 1.